The van der Waals surface area contributed by atoms with Gasteiger partial charge < -0.3 is 10.4 Å². The molecule has 0 bridgehead atoms. The summed E-state index contributed by atoms with van der Waals surface area (Å²) in [6.45, 7) is 1.43. The van der Waals surface area contributed by atoms with Gasteiger partial charge in [-0.1, -0.05) is 11.6 Å². The Labute approximate surface area is 117 Å². The molecule has 1 fully saturated rings. The molecule has 2 nitrogen and oxygen atoms in total. The van der Waals surface area contributed by atoms with Crippen LogP contribution < -0.4 is 5.32 Å². The molecule has 1 atom stereocenters. The first-order valence-electron chi connectivity index (χ1n) is 5.04. The maximum atomic E-state index is 10.1. The third kappa shape index (κ3) is 3.37. The van der Waals surface area contributed by atoms with Crippen LogP contribution in [0.15, 0.2) is 10.5 Å². The van der Waals surface area contributed by atoms with Crippen molar-refractivity contribution in [1.82, 2.24) is 5.32 Å². The Hall–Kier alpha value is 0.740. The lowest BCUT2D eigenvalue weighted by atomic mass is 10.0. The second kappa shape index (κ2) is 5.59. The number of nitrogens with one attached hydrogen (secondary N) is 1. The van der Waals surface area contributed by atoms with E-state index in [1.165, 1.54) is 4.88 Å². The molecule has 90 valence electrons. The summed E-state index contributed by atoms with van der Waals surface area (Å²) in [6.07, 6.45) is 0.888. The van der Waals surface area contributed by atoms with Crippen LogP contribution in [-0.4, -0.2) is 28.8 Å². The van der Waals surface area contributed by atoms with Gasteiger partial charge >= 0.3 is 0 Å². The van der Waals surface area contributed by atoms with Gasteiger partial charge in [0.05, 0.1) is 5.60 Å². The van der Waals surface area contributed by atoms with Gasteiger partial charge in [-0.3, -0.25) is 0 Å². The largest absolute Gasteiger partial charge is 0.388 e. The van der Waals surface area contributed by atoms with Gasteiger partial charge in [-0.15, -0.1) is 11.3 Å². The molecule has 1 aromatic heterocycles. The predicted molar refractivity (Wildman–Crippen MR) is 75.6 cm³/mol. The van der Waals surface area contributed by atoms with Crippen molar-refractivity contribution in [2.75, 3.05) is 18.1 Å². The number of thioether (sulfide) groups is 1. The van der Waals surface area contributed by atoms with E-state index in [-0.39, 0.29) is 0 Å². The summed E-state index contributed by atoms with van der Waals surface area (Å²) in [7, 11) is 0. The Morgan fingerprint density at radius 1 is 1.62 bits per heavy atom. The number of rotatable bonds is 4. The van der Waals surface area contributed by atoms with E-state index >= 15 is 0 Å². The lowest BCUT2D eigenvalue weighted by Crippen LogP contribution is -2.40. The molecule has 1 saturated heterocycles. The van der Waals surface area contributed by atoms with Crippen LogP contribution in [0.3, 0.4) is 0 Å². The van der Waals surface area contributed by atoms with Crippen LogP contribution in [0, 0.1) is 0 Å². The summed E-state index contributed by atoms with van der Waals surface area (Å²) in [5.41, 5.74) is -0.511. The average molecular weight is 343 g/mol. The van der Waals surface area contributed by atoms with Crippen molar-refractivity contribution in [3.8, 4) is 0 Å². The quantitative estimate of drug-likeness (QED) is 0.882. The summed E-state index contributed by atoms with van der Waals surface area (Å²) in [4.78, 5) is 1.19. The highest BCUT2D eigenvalue weighted by atomic mass is 79.9. The van der Waals surface area contributed by atoms with Crippen LogP contribution in [0.1, 0.15) is 11.3 Å². The molecule has 0 amide bonds. The van der Waals surface area contributed by atoms with E-state index in [0.29, 0.717) is 6.54 Å². The minimum absolute atomic E-state index is 0.511. The van der Waals surface area contributed by atoms with E-state index in [2.05, 4.69) is 21.2 Å². The molecule has 2 N–H and O–H groups in total. The highest BCUT2D eigenvalue weighted by molar-refractivity contribution is 9.10. The molecule has 2 rings (SSSR count). The third-order valence-corrected chi connectivity index (χ3v) is 6.24. The van der Waals surface area contributed by atoms with E-state index < -0.39 is 5.60 Å². The van der Waals surface area contributed by atoms with Crippen LogP contribution >= 0.6 is 50.6 Å². The number of thiophene rings is 1. The van der Waals surface area contributed by atoms with Crippen molar-refractivity contribution in [2.45, 2.75) is 18.6 Å². The van der Waals surface area contributed by atoms with Gasteiger partial charge in [0.15, 0.2) is 0 Å². The van der Waals surface area contributed by atoms with Crippen LogP contribution in [0.4, 0.5) is 0 Å². The lowest BCUT2D eigenvalue weighted by Gasteiger charge is -2.21. The molecule has 0 spiro atoms. The minimum atomic E-state index is -0.511. The van der Waals surface area contributed by atoms with Crippen molar-refractivity contribution in [3.05, 3.63) is 19.8 Å². The molecule has 1 unspecified atom stereocenters. The highest BCUT2D eigenvalue weighted by Gasteiger charge is 2.30. The molecule has 0 saturated carbocycles. The maximum absolute atomic E-state index is 10.1. The van der Waals surface area contributed by atoms with Crippen LogP contribution in [-0.2, 0) is 6.54 Å². The van der Waals surface area contributed by atoms with Crippen molar-refractivity contribution in [2.24, 2.45) is 0 Å². The zero-order valence-corrected chi connectivity index (χ0v) is 12.6. The van der Waals surface area contributed by atoms with Crippen LogP contribution in [0.5, 0.6) is 0 Å². The van der Waals surface area contributed by atoms with Crippen LogP contribution in [0.25, 0.3) is 0 Å². The predicted octanol–water partition coefficient (Wildman–Crippen LogP) is 3.12. The Bertz CT molecular complexity index is 346. The van der Waals surface area contributed by atoms with Gasteiger partial charge in [-0.25, -0.2) is 0 Å². The van der Waals surface area contributed by atoms with Gasteiger partial charge in [0, 0.05) is 28.2 Å². The second-order valence-electron chi connectivity index (χ2n) is 3.96. The average Bonchev–Trinajstić information content (AvgIpc) is 2.76. The van der Waals surface area contributed by atoms with E-state index in [9.17, 15) is 5.11 Å². The summed E-state index contributed by atoms with van der Waals surface area (Å²) in [5.74, 6) is 1.91. The number of halogens is 2. The van der Waals surface area contributed by atoms with Gasteiger partial charge in [-0.2, -0.15) is 11.8 Å². The van der Waals surface area contributed by atoms with Crippen molar-refractivity contribution >= 4 is 50.6 Å². The Morgan fingerprint density at radius 3 is 3.00 bits per heavy atom. The summed E-state index contributed by atoms with van der Waals surface area (Å²) in [5, 5.41) is 13.4. The van der Waals surface area contributed by atoms with E-state index in [1.807, 2.05) is 17.8 Å². The molecular formula is C10H13BrClNOS2. The molecule has 1 aliphatic rings. The Balaban J connectivity index is 1.79. The minimum Gasteiger partial charge on any atom is -0.388 e. The van der Waals surface area contributed by atoms with Gasteiger partial charge in [0.25, 0.3) is 0 Å². The summed E-state index contributed by atoms with van der Waals surface area (Å²) < 4.78 is 1.73. The SMILES string of the molecule is OC1(CNCc2cc(Br)c(Cl)s2)CCSC1. The molecule has 0 radical (unpaired) electrons. The number of hydrogen-bond acceptors (Lipinski definition) is 4. The summed E-state index contributed by atoms with van der Waals surface area (Å²) in [6, 6.07) is 2.02. The third-order valence-electron chi connectivity index (χ3n) is 2.53. The molecule has 2 heterocycles. The molecule has 0 aliphatic carbocycles. The number of hydrogen-bond donors (Lipinski definition) is 2. The first-order valence-corrected chi connectivity index (χ1v) is 8.18. The summed E-state index contributed by atoms with van der Waals surface area (Å²) >= 11 is 12.7. The molecule has 1 aromatic rings. The number of aliphatic hydroxyl groups is 1. The fourth-order valence-electron chi connectivity index (χ4n) is 1.63. The van der Waals surface area contributed by atoms with Gasteiger partial charge in [-0.05, 0) is 34.2 Å². The first kappa shape index (κ1) is 13.2. The standard InChI is InChI=1S/C10H13BrClNOS2/c11-8-3-7(16-9(8)12)4-13-5-10(14)1-2-15-6-10/h3,13-14H,1-2,4-6H2. The molecule has 6 heteroatoms. The van der Waals surface area contributed by atoms with Crippen molar-refractivity contribution < 1.29 is 5.11 Å². The fourth-order valence-corrected chi connectivity index (χ4v) is 4.69. The molecule has 1 aliphatic heterocycles. The maximum Gasteiger partial charge on any atom is 0.107 e. The van der Waals surface area contributed by atoms with E-state index in [0.717, 1.165) is 33.3 Å². The topological polar surface area (TPSA) is 32.3 Å². The lowest BCUT2D eigenvalue weighted by molar-refractivity contribution is 0.0675. The van der Waals surface area contributed by atoms with Crippen LogP contribution in [0.2, 0.25) is 4.34 Å². The second-order valence-corrected chi connectivity index (χ2v) is 7.66. The van der Waals surface area contributed by atoms with Crippen molar-refractivity contribution in [3.63, 3.8) is 0 Å². The first-order chi connectivity index (χ1) is 7.59. The zero-order chi connectivity index (χ0) is 11.6. The zero-order valence-electron chi connectivity index (χ0n) is 8.63. The molecular weight excluding hydrogens is 330 g/mol. The Morgan fingerprint density at radius 2 is 2.44 bits per heavy atom. The van der Waals surface area contributed by atoms with Gasteiger partial charge in [0.1, 0.15) is 4.34 Å². The van der Waals surface area contributed by atoms with E-state index in [4.69, 9.17) is 11.6 Å². The normalized spacial score (nSPS) is 25.2. The van der Waals surface area contributed by atoms with E-state index in [1.54, 1.807) is 11.3 Å². The molecule has 0 aromatic carbocycles. The van der Waals surface area contributed by atoms with Crippen molar-refractivity contribution in [1.29, 1.82) is 0 Å². The smallest absolute Gasteiger partial charge is 0.107 e. The molecule has 16 heavy (non-hydrogen) atoms. The fraction of sp³-hybridized carbons (Fsp3) is 0.600. The highest BCUT2D eigenvalue weighted by Crippen LogP contribution is 2.32. The monoisotopic (exact) mass is 341 g/mol. The van der Waals surface area contributed by atoms with Gasteiger partial charge in [0.2, 0.25) is 0 Å². The Kier molecular flexibility index (Phi) is 4.60.